The van der Waals surface area contributed by atoms with Gasteiger partial charge in [0.05, 0.1) is 12.1 Å². The molecule has 4 rings (SSSR count). The molecule has 27 heavy (non-hydrogen) atoms. The van der Waals surface area contributed by atoms with Crippen molar-refractivity contribution in [3.63, 3.8) is 0 Å². The summed E-state index contributed by atoms with van der Waals surface area (Å²) in [6.07, 6.45) is 3.26. The average Bonchev–Trinajstić information content (AvgIpc) is 3.08. The summed E-state index contributed by atoms with van der Waals surface area (Å²) in [6, 6.07) is 11.8. The molecular formula is C21H23FN2O3. The van der Waals surface area contributed by atoms with Gasteiger partial charge >= 0.3 is 0 Å². The second-order valence-corrected chi connectivity index (χ2v) is 6.96. The normalized spacial score (nSPS) is 17.5. The quantitative estimate of drug-likeness (QED) is 0.736. The van der Waals surface area contributed by atoms with Crippen molar-refractivity contribution in [2.24, 2.45) is 0 Å². The Balaban J connectivity index is 1.25. The highest BCUT2D eigenvalue weighted by Crippen LogP contribution is 2.43. The summed E-state index contributed by atoms with van der Waals surface area (Å²) in [7, 11) is 0. The maximum atomic E-state index is 14.0. The predicted octanol–water partition coefficient (Wildman–Crippen LogP) is 3.07. The topological polar surface area (TPSA) is 59.6 Å². The van der Waals surface area contributed by atoms with Gasteiger partial charge in [-0.1, -0.05) is 30.3 Å². The van der Waals surface area contributed by atoms with Crippen LogP contribution in [0.25, 0.3) is 0 Å². The fraction of sp³-hybridized carbons (Fsp3) is 0.381. The van der Waals surface area contributed by atoms with E-state index >= 15 is 0 Å². The molecule has 142 valence electrons. The third-order valence-electron chi connectivity index (χ3n) is 4.89. The summed E-state index contributed by atoms with van der Waals surface area (Å²) in [6.45, 7) is 1.92. The van der Waals surface area contributed by atoms with E-state index in [0.29, 0.717) is 30.2 Å². The molecule has 6 heteroatoms. The number of rotatable bonds is 7. The lowest BCUT2D eigenvalue weighted by Gasteiger charge is -2.28. The van der Waals surface area contributed by atoms with Crippen LogP contribution in [-0.2, 0) is 17.6 Å². The van der Waals surface area contributed by atoms with E-state index in [2.05, 4.69) is 34.9 Å². The molecule has 1 unspecified atom stereocenters. The van der Waals surface area contributed by atoms with Gasteiger partial charge in [0, 0.05) is 18.2 Å². The van der Waals surface area contributed by atoms with Crippen LogP contribution in [0, 0.1) is 5.82 Å². The number of unbranched alkanes of at least 4 members (excludes halogenated alkanes) is 1. The molecule has 5 nitrogen and oxygen atoms in total. The minimum Gasteiger partial charge on any atom is -0.486 e. The Labute approximate surface area is 157 Å². The maximum Gasteiger partial charge on any atom is 0.229 e. The third kappa shape index (κ3) is 4.06. The van der Waals surface area contributed by atoms with Gasteiger partial charge in [-0.3, -0.25) is 4.79 Å². The zero-order chi connectivity index (χ0) is 18.6. The fourth-order valence-corrected chi connectivity index (χ4v) is 3.51. The summed E-state index contributed by atoms with van der Waals surface area (Å²) in [4.78, 5) is 11.6. The van der Waals surface area contributed by atoms with E-state index in [1.54, 1.807) is 0 Å². The number of fused-ring (bicyclic) bond motifs is 3. The molecule has 0 bridgehead atoms. The summed E-state index contributed by atoms with van der Waals surface area (Å²) < 4.78 is 25.7. The number of nitrogens with one attached hydrogen (secondary N) is 2. The number of hydrogen-bond acceptors (Lipinski definition) is 4. The van der Waals surface area contributed by atoms with E-state index in [9.17, 15) is 9.18 Å². The summed E-state index contributed by atoms with van der Waals surface area (Å²) in [5, 5.41) is 5.94. The zero-order valence-corrected chi connectivity index (χ0v) is 15.1. The van der Waals surface area contributed by atoms with Gasteiger partial charge in [0.1, 0.15) is 12.7 Å². The molecule has 0 fully saturated rings. The van der Waals surface area contributed by atoms with Gasteiger partial charge < -0.3 is 20.1 Å². The number of hydrogen-bond donors (Lipinski definition) is 2. The van der Waals surface area contributed by atoms with Crippen molar-refractivity contribution in [3.8, 4) is 11.5 Å². The molecule has 0 saturated heterocycles. The second kappa shape index (κ2) is 7.96. The smallest absolute Gasteiger partial charge is 0.229 e. The van der Waals surface area contributed by atoms with Crippen LogP contribution in [0.5, 0.6) is 11.5 Å². The highest BCUT2D eigenvalue weighted by atomic mass is 19.1. The molecule has 0 aromatic heterocycles. The van der Waals surface area contributed by atoms with Crippen molar-refractivity contribution < 1.29 is 18.7 Å². The molecule has 0 radical (unpaired) electrons. The Morgan fingerprint density at radius 1 is 1.22 bits per heavy atom. The molecule has 2 aromatic rings. The number of anilines is 1. The number of ether oxygens (including phenoxy) is 2. The van der Waals surface area contributed by atoms with Gasteiger partial charge in [0.2, 0.25) is 5.91 Å². The SMILES string of the molecule is O=C1Cc2c(c(F)cc3c2OC(CNCCCCc2ccccc2)CO3)N1. The average molecular weight is 370 g/mol. The van der Waals surface area contributed by atoms with Gasteiger partial charge in [0.15, 0.2) is 17.3 Å². The molecule has 1 amide bonds. The molecule has 0 saturated carbocycles. The number of amides is 1. The van der Waals surface area contributed by atoms with E-state index in [0.717, 1.165) is 25.8 Å². The first-order valence-corrected chi connectivity index (χ1v) is 9.40. The molecule has 2 aliphatic rings. The first-order chi connectivity index (χ1) is 13.2. The van der Waals surface area contributed by atoms with E-state index in [1.165, 1.54) is 11.6 Å². The molecule has 2 N–H and O–H groups in total. The van der Waals surface area contributed by atoms with E-state index in [4.69, 9.17) is 9.47 Å². The molecule has 0 aliphatic carbocycles. The first-order valence-electron chi connectivity index (χ1n) is 9.40. The van der Waals surface area contributed by atoms with Crippen molar-refractivity contribution in [2.75, 3.05) is 25.0 Å². The molecule has 2 aromatic carbocycles. The first kappa shape index (κ1) is 17.8. The van der Waals surface area contributed by atoms with Gasteiger partial charge in [-0.25, -0.2) is 4.39 Å². The minimum atomic E-state index is -0.479. The number of aryl methyl sites for hydroxylation is 1. The van der Waals surface area contributed by atoms with E-state index in [1.807, 2.05) is 6.07 Å². The number of halogens is 1. The maximum absolute atomic E-state index is 14.0. The number of carbonyl (C=O) groups is 1. The van der Waals surface area contributed by atoms with Crippen LogP contribution < -0.4 is 20.1 Å². The van der Waals surface area contributed by atoms with Crippen LogP contribution in [-0.4, -0.2) is 31.7 Å². The van der Waals surface area contributed by atoms with Crippen molar-refractivity contribution in [3.05, 3.63) is 53.3 Å². The third-order valence-corrected chi connectivity index (χ3v) is 4.89. The second-order valence-electron chi connectivity index (χ2n) is 6.96. The Hall–Kier alpha value is -2.60. The number of carbonyl (C=O) groups excluding carboxylic acids is 1. The molecule has 1 atom stereocenters. The molecule has 2 aliphatic heterocycles. The predicted molar refractivity (Wildman–Crippen MR) is 101 cm³/mol. The standard InChI is InChI=1S/C21H23FN2O3/c22-17-11-18-21(16-10-19(25)24-20(16)17)27-15(13-26-18)12-23-9-5-4-8-14-6-2-1-3-7-14/h1-3,6-7,11,15,23H,4-5,8-10,12-13H2,(H,24,25). The molecular weight excluding hydrogens is 347 g/mol. The van der Waals surface area contributed by atoms with E-state index in [-0.39, 0.29) is 24.1 Å². The Bertz CT molecular complexity index is 826. The van der Waals surface area contributed by atoms with Crippen LogP contribution in [0.4, 0.5) is 10.1 Å². The van der Waals surface area contributed by atoms with E-state index < -0.39 is 5.82 Å². The van der Waals surface area contributed by atoms with Crippen molar-refractivity contribution in [1.82, 2.24) is 5.32 Å². The van der Waals surface area contributed by atoms with Crippen molar-refractivity contribution in [2.45, 2.75) is 31.8 Å². The summed E-state index contributed by atoms with van der Waals surface area (Å²) in [5.41, 5.74) is 2.14. The van der Waals surface area contributed by atoms with Crippen LogP contribution >= 0.6 is 0 Å². The lowest BCUT2D eigenvalue weighted by Crippen LogP contribution is -2.39. The van der Waals surface area contributed by atoms with Gasteiger partial charge in [-0.2, -0.15) is 0 Å². The minimum absolute atomic E-state index is 0.123. The summed E-state index contributed by atoms with van der Waals surface area (Å²) in [5.74, 6) is 0.168. The van der Waals surface area contributed by atoms with Gasteiger partial charge in [-0.15, -0.1) is 0 Å². The fourth-order valence-electron chi connectivity index (χ4n) is 3.51. The van der Waals surface area contributed by atoms with Crippen molar-refractivity contribution in [1.29, 1.82) is 0 Å². The lowest BCUT2D eigenvalue weighted by molar-refractivity contribution is -0.115. The van der Waals surface area contributed by atoms with Crippen LogP contribution in [0.1, 0.15) is 24.0 Å². The zero-order valence-electron chi connectivity index (χ0n) is 15.1. The lowest BCUT2D eigenvalue weighted by atomic mass is 10.1. The van der Waals surface area contributed by atoms with Crippen LogP contribution in [0.3, 0.4) is 0 Å². The Kier molecular flexibility index (Phi) is 5.25. The highest BCUT2D eigenvalue weighted by Gasteiger charge is 2.32. The summed E-state index contributed by atoms with van der Waals surface area (Å²) >= 11 is 0. The Morgan fingerprint density at radius 3 is 2.93 bits per heavy atom. The van der Waals surface area contributed by atoms with Gasteiger partial charge in [0.25, 0.3) is 0 Å². The largest absolute Gasteiger partial charge is 0.486 e. The highest BCUT2D eigenvalue weighted by molar-refractivity contribution is 6.00. The molecule has 0 spiro atoms. The number of benzene rings is 2. The van der Waals surface area contributed by atoms with Gasteiger partial charge in [-0.05, 0) is 31.4 Å². The Morgan fingerprint density at radius 2 is 2.07 bits per heavy atom. The molecule has 2 heterocycles. The van der Waals surface area contributed by atoms with Crippen molar-refractivity contribution >= 4 is 11.6 Å². The van der Waals surface area contributed by atoms with Crippen LogP contribution in [0.2, 0.25) is 0 Å². The van der Waals surface area contributed by atoms with Crippen LogP contribution in [0.15, 0.2) is 36.4 Å². The monoisotopic (exact) mass is 370 g/mol.